The zero-order valence-corrected chi connectivity index (χ0v) is 7.19. The number of hydrogen-bond donors (Lipinski definition) is 1. The lowest BCUT2D eigenvalue weighted by atomic mass is 10.2. The molecule has 62 valence electrons. The second-order valence-electron chi connectivity index (χ2n) is 2.44. The summed E-state index contributed by atoms with van der Waals surface area (Å²) in [6, 6.07) is 9.80. The molecule has 0 radical (unpaired) electrons. The summed E-state index contributed by atoms with van der Waals surface area (Å²) in [7, 11) is 0. The summed E-state index contributed by atoms with van der Waals surface area (Å²) in [5.41, 5.74) is 1.03. The molecule has 0 aromatic heterocycles. The molecule has 1 aliphatic heterocycles. The largest absolute Gasteiger partial charge is 0.234 e. The van der Waals surface area contributed by atoms with E-state index < -0.39 is 0 Å². The summed E-state index contributed by atoms with van der Waals surface area (Å²) < 4.78 is 1.30. The van der Waals surface area contributed by atoms with Crippen molar-refractivity contribution in [2.24, 2.45) is 4.99 Å². The Balaban J connectivity index is 2.18. The third-order valence-corrected chi connectivity index (χ3v) is 1.79. The fourth-order valence-electron chi connectivity index (χ4n) is 1.04. The van der Waals surface area contributed by atoms with Crippen molar-refractivity contribution in [3.63, 3.8) is 0 Å². The Labute approximate surface area is 76.2 Å². The van der Waals surface area contributed by atoms with Gasteiger partial charge in [0, 0.05) is 5.56 Å². The van der Waals surface area contributed by atoms with Gasteiger partial charge in [-0.1, -0.05) is 30.3 Å². The molecule has 1 aromatic carbocycles. The van der Waals surface area contributed by atoms with E-state index in [4.69, 9.17) is 4.84 Å². The first kappa shape index (κ1) is 7.64. The topological polar surface area (TPSA) is 24.8 Å². The minimum absolute atomic E-state index is 0.233. The Kier molecular flexibility index (Phi) is 2.01. The number of thiol groups is 1. The van der Waals surface area contributed by atoms with Gasteiger partial charge in [-0.05, 0) is 12.8 Å². The van der Waals surface area contributed by atoms with Gasteiger partial charge in [0.1, 0.15) is 6.34 Å². The number of hydroxylamine groups is 1. The lowest BCUT2D eigenvalue weighted by Crippen LogP contribution is -2.04. The van der Waals surface area contributed by atoms with E-state index in [1.54, 1.807) is 6.34 Å². The molecular formula is C8H8N2OS. The monoisotopic (exact) mass is 180 g/mol. The van der Waals surface area contributed by atoms with Crippen molar-refractivity contribution in [1.29, 1.82) is 0 Å². The maximum atomic E-state index is 5.22. The van der Waals surface area contributed by atoms with Gasteiger partial charge in [0.25, 0.3) is 0 Å². The van der Waals surface area contributed by atoms with Crippen molar-refractivity contribution in [1.82, 2.24) is 4.47 Å². The zero-order chi connectivity index (χ0) is 8.39. The van der Waals surface area contributed by atoms with Crippen LogP contribution < -0.4 is 0 Å². The molecule has 1 aromatic rings. The molecule has 4 heteroatoms. The van der Waals surface area contributed by atoms with Crippen LogP contribution in [0.2, 0.25) is 0 Å². The standard InChI is InChI=1S/C8H8N2OS/c12-10-6-9-8(11-10)7-4-2-1-3-5-7/h1-6,8,12H. The normalized spacial score (nSPS) is 21.8. The van der Waals surface area contributed by atoms with E-state index in [1.165, 1.54) is 4.47 Å². The van der Waals surface area contributed by atoms with Crippen LogP contribution in [0.4, 0.5) is 0 Å². The molecule has 1 unspecified atom stereocenters. The molecule has 0 N–H and O–H groups in total. The van der Waals surface area contributed by atoms with Crippen LogP contribution in [-0.2, 0) is 4.84 Å². The van der Waals surface area contributed by atoms with Crippen LogP contribution in [0.3, 0.4) is 0 Å². The fourth-order valence-corrected chi connectivity index (χ4v) is 1.19. The van der Waals surface area contributed by atoms with Crippen LogP contribution in [0.5, 0.6) is 0 Å². The third-order valence-electron chi connectivity index (χ3n) is 1.59. The van der Waals surface area contributed by atoms with Gasteiger partial charge >= 0.3 is 0 Å². The van der Waals surface area contributed by atoms with Crippen molar-refractivity contribution >= 4 is 19.2 Å². The Morgan fingerprint density at radius 3 is 2.67 bits per heavy atom. The second kappa shape index (κ2) is 3.16. The van der Waals surface area contributed by atoms with Crippen molar-refractivity contribution in [2.45, 2.75) is 6.23 Å². The highest BCUT2D eigenvalue weighted by molar-refractivity contribution is 7.78. The van der Waals surface area contributed by atoms with Crippen molar-refractivity contribution in [3.8, 4) is 0 Å². The minimum Gasteiger partial charge on any atom is -0.234 e. The smallest absolute Gasteiger partial charge is 0.203 e. The first-order valence-electron chi connectivity index (χ1n) is 3.59. The lowest BCUT2D eigenvalue weighted by molar-refractivity contribution is -0.0486. The number of aliphatic imine (C=N–C) groups is 1. The van der Waals surface area contributed by atoms with Gasteiger partial charge in [-0.15, -0.1) is 0 Å². The molecule has 0 fully saturated rings. The highest BCUT2D eigenvalue weighted by Gasteiger charge is 2.17. The van der Waals surface area contributed by atoms with Gasteiger partial charge in [-0.3, -0.25) is 0 Å². The average Bonchev–Trinajstić information content (AvgIpc) is 2.54. The van der Waals surface area contributed by atoms with Crippen molar-refractivity contribution in [2.75, 3.05) is 0 Å². The van der Waals surface area contributed by atoms with E-state index in [-0.39, 0.29) is 6.23 Å². The van der Waals surface area contributed by atoms with E-state index in [0.717, 1.165) is 5.56 Å². The molecular weight excluding hydrogens is 172 g/mol. The average molecular weight is 180 g/mol. The molecule has 12 heavy (non-hydrogen) atoms. The van der Waals surface area contributed by atoms with E-state index >= 15 is 0 Å². The Hall–Kier alpha value is -1.00. The highest BCUT2D eigenvalue weighted by atomic mass is 32.1. The quantitative estimate of drug-likeness (QED) is 0.667. The summed E-state index contributed by atoms with van der Waals surface area (Å²) in [6.07, 6.45) is 1.31. The maximum Gasteiger partial charge on any atom is 0.203 e. The van der Waals surface area contributed by atoms with Crippen LogP contribution in [0.1, 0.15) is 11.8 Å². The predicted octanol–water partition coefficient (Wildman–Crippen LogP) is 1.81. The molecule has 3 nitrogen and oxygen atoms in total. The SMILES string of the molecule is SN1C=NC(c2ccccc2)O1. The molecule has 1 atom stereocenters. The van der Waals surface area contributed by atoms with Gasteiger partial charge < -0.3 is 0 Å². The first-order valence-corrected chi connectivity index (χ1v) is 3.99. The van der Waals surface area contributed by atoms with Crippen LogP contribution in [-0.4, -0.2) is 10.8 Å². The summed E-state index contributed by atoms with van der Waals surface area (Å²) >= 11 is 3.96. The lowest BCUT2D eigenvalue weighted by Gasteiger charge is -2.09. The molecule has 0 bridgehead atoms. The highest BCUT2D eigenvalue weighted by Crippen LogP contribution is 2.23. The molecule has 0 spiro atoms. The summed E-state index contributed by atoms with van der Waals surface area (Å²) in [5, 5.41) is 0. The maximum absolute atomic E-state index is 5.22. The number of nitrogens with zero attached hydrogens (tertiary/aromatic N) is 2. The van der Waals surface area contributed by atoms with Gasteiger partial charge in [-0.2, -0.15) is 4.47 Å². The van der Waals surface area contributed by atoms with Gasteiger partial charge in [0.05, 0.1) is 0 Å². The minimum atomic E-state index is -0.233. The molecule has 0 saturated heterocycles. The molecule has 0 amide bonds. The zero-order valence-electron chi connectivity index (χ0n) is 6.29. The Bertz CT molecular complexity index is 288. The second-order valence-corrected chi connectivity index (χ2v) is 2.83. The summed E-state index contributed by atoms with van der Waals surface area (Å²) in [5.74, 6) is 0. The van der Waals surface area contributed by atoms with E-state index in [0.29, 0.717) is 0 Å². The molecule has 2 rings (SSSR count). The van der Waals surface area contributed by atoms with E-state index in [1.807, 2.05) is 30.3 Å². The van der Waals surface area contributed by atoms with Crippen LogP contribution in [0, 0.1) is 0 Å². The molecule has 1 aliphatic rings. The van der Waals surface area contributed by atoms with E-state index in [2.05, 4.69) is 17.8 Å². The van der Waals surface area contributed by atoms with Crippen molar-refractivity contribution < 1.29 is 4.84 Å². The summed E-state index contributed by atoms with van der Waals surface area (Å²) in [6.45, 7) is 0. The number of benzene rings is 1. The number of hydrogen-bond acceptors (Lipinski definition) is 4. The Morgan fingerprint density at radius 2 is 2.08 bits per heavy atom. The van der Waals surface area contributed by atoms with E-state index in [9.17, 15) is 0 Å². The molecule has 1 heterocycles. The van der Waals surface area contributed by atoms with Crippen LogP contribution >= 0.6 is 12.8 Å². The van der Waals surface area contributed by atoms with Crippen LogP contribution in [0.25, 0.3) is 0 Å². The molecule has 0 aliphatic carbocycles. The van der Waals surface area contributed by atoms with Gasteiger partial charge in [0.2, 0.25) is 6.23 Å². The predicted molar refractivity (Wildman–Crippen MR) is 49.6 cm³/mol. The third kappa shape index (κ3) is 1.44. The Morgan fingerprint density at radius 1 is 1.33 bits per heavy atom. The van der Waals surface area contributed by atoms with Gasteiger partial charge in [0.15, 0.2) is 0 Å². The van der Waals surface area contributed by atoms with Gasteiger partial charge in [-0.25, -0.2) is 9.83 Å². The summed E-state index contributed by atoms with van der Waals surface area (Å²) in [4.78, 5) is 9.31. The number of rotatable bonds is 1. The molecule has 0 saturated carbocycles. The van der Waals surface area contributed by atoms with Crippen LogP contribution in [0.15, 0.2) is 35.3 Å². The fraction of sp³-hybridized carbons (Fsp3) is 0.125. The van der Waals surface area contributed by atoms with Crippen molar-refractivity contribution in [3.05, 3.63) is 35.9 Å². The first-order chi connectivity index (χ1) is 5.86.